The van der Waals surface area contributed by atoms with E-state index in [1.807, 2.05) is 24.3 Å². The summed E-state index contributed by atoms with van der Waals surface area (Å²) < 4.78 is 5.68. The molecule has 1 amide bonds. The molecule has 7 nitrogen and oxygen atoms in total. The Morgan fingerprint density at radius 3 is 2.70 bits per heavy atom. The van der Waals surface area contributed by atoms with Crippen LogP contribution in [-0.4, -0.2) is 38.8 Å². The largest absolute Gasteiger partial charge is 0.493 e. The van der Waals surface area contributed by atoms with Crippen molar-refractivity contribution < 1.29 is 9.53 Å². The van der Waals surface area contributed by atoms with Gasteiger partial charge in [0.25, 0.3) is 0 Å². The zero-order chi connectivity index (χ0) is 19.2. The van der Waals surface area contributed by atoms with Crippen molar-refractivity contribution in [2.45, 2.75) is 59.0 Å². The highest BCUT2D eigenvalue weighted by atomic mass is 16.5. The summed E-state index contributed by atoms with van der Waals surface area (Å²) in [7, 11) is 0. The van der Waals surface area contributed by atoms with Gasteiger partial charge in [-0.2, -0.15) is 4.80 Å². The molecule has 1 aliphatic carbocycles. The van der Waals surface area contributed by atoms with Crippen LogP contribution in [0.4, 0.5) is 0 Å². The molecule has 0 spiro atoms. The Labute approximate surface area is 160 Å². The van der Waals surface area contributed by atoms with E-state index in [-0.39, 0.29) is 18.5 Å². The van der Waals surface area contributed by atoms with Gasteiger partial charge in [0, 0.05) is 11.6 Å². The summed E-state index contributed by atoms with van der Waals surface area (Å²) in [4.78, 5) is 13.6. The van der Waals surface area contributed by atoms with Crippen LogP contribution in [0.5, 0.6) is 5.75 Å². The van der Waals surface area contributed by atoms with Crippen molar-refractivity contribution in [3.63, 3.8) is 0 Å². The fourth-order valence-corrected chi connectivity index (χ4v) is 3.30. The lowest BCUT2D eigenvalue weighted by Gasteiger charge is -2.29. The number of hydrogen-bond donors (Lipinski definition) is 1. The van der Waals surface area contributed by atoms with Crippen LogP contribution in [0.1, 0.15) is 46.5 Å². The van der Waals surface area contributed by atoms with E-state index in [2.05, 4.69) is 41.5 Å². The predicted molar refractivity (Wildman–Crippen MR) is 103 cm³/mol. The first kappa shape index (κ1) is 19.3. The maximum absolute atomic E-state index is 12.3. The average molecular weight is 371 g/mol. The molecule has 7 heteroatoms. The van der Waals surface area contributed by atoms with Crippen LogP contribution in [-0.2, 0) is 11.3 Å². The number of ether oxygens (including phenoxy) is 1. The minimum atomic E-state index is -0.0601. The van der Waals surface area contributed by atoms with Crippen LogP contribution in [0.3, 0.4) is 0 Å². The van der Waals surface area contributed by atoms with Gasteiger partial charge in [-0.05, 0) is 54.2 Å². The van der Waals surface area contributed by atoms with Crippen LogP contribution < -0.4 is 10.1 Å². The summed E-state index contributed by atoms with van der Waals surface area (Å²) >= 11 is 0. The topological polar surface area (TPSA) is 81.9 Å². The highest BCUT2D eigenvalue weighted by Crippen LogP contribution is 2.23. The third-order valence-corrected chi connectivity index (χ3v) is 4.89. The summed E-state index contributed by atoms with van der Waals surface area (Å²) in [6.45, 7) is 7.20. The van der Waals surface area contributed by atoms with E-state index in [4.69, 9.17) is 4.74 Å². The molecule has 3 rings (SSSR count). The quantitative estimate of drug-likeness (QED) is 0.809. The molecule has 146 valence electrons. The summed E-state index contributed by atoms with van der Waals surface area (Å²) in [5, 5.41) is 15.5. The maximum atomic E-state index is 12.3. The van der Waals surface area contributed by atoms with E-state index in [0.29, 0.717) is 24.3 Å². The van der Waals surface area contributed by atoms with E-state index < -0.39 is 0 Å². The van der Waals surface area contributed by atoms with Crippen LogP contribution >= 0.6 is 0 Å². The third-order valence-electron chi connectivity index (χ3n) is 4.89. The normalized spacial score (nSPS) is 19.9. The molecule has 2 aromatic rings. The Hall–Kier alpha value is -2.44. The van der Waals surface area contributed by atoms with Gasteiger partial charge in [-0.3, -0.25) is 4.79 Å². The third kappa shape index (κ3) is 5.52. The fraction of sp³-hybridized carbons (Fsp3) is 0.600. The van der Waals surface area contributed by atoms with Gasteiger partial charge in [-0.25, -0.2) is 0 Å². The Morgan fingerprint density at radius 2 is 2.00 bits per heavy atom. The van der Waals surface area contributed by atoms with Gasteiger partial charge in [0.2, 0.25) is 11.7 Å². The second-order valence-electron chi connectivity index (χ2n) is 7.81. The molecule has 0 radical (unpaired) electrons. The molecule has 1 heterocycles. The summed E-state index contributed by atoms with van der Waals surface area (Å²) in [5.41, 5.74) is 0.847. The molecule has 0 saturated heterocycles. The van der Waals surface area contributed by atoms with Gasteiger partial charge >= 0.3 is 0 Å². The fourth-order valence-electron chi connectivity index (χ4n) is 3.30. The summed E-state index contributed by atoms with van der Waals surface area (Å²) in [5.74, 6) is 2.27. The molecule has 0 bridgehead atoms. The van der Waals surface area contributed by atoms with Gasteiger partial charge in [0.1, 0.15) is 12.3 Å². The van der Waals surface area contributed by atoms with Crippen LogP contribution in [0.2, 0.25) is 0 Å². The standard InChI is InChI=1S/C20H29N5O2/c1-14(2)13-27-17-10-8-16(9-11-17)20-22-24-25(23-20)12-19(26)21-18-7-5-4-6-15(18)3/h8-11,14-15,18H,4-7,12-13H2,1-3H3,(H,21,26)/t15-,18-/m1/s1. The number of nitrogens with zero attached hydrogens (tertiary/aromatic N) is 4. The predicted octanol–water partition coefficient (Wildman–Crippen LogP) is 3.07. The summed E-state index contributed by atoms with van der Waals surface area (Å²) in [6, 6.07) is 7.86. The Kier molecular flexibility index (Phi) is 6.42. The number of hydrogen-bond acceptors (Lipinski definition) is 5. The second-order valence-corrected chi connectivity index (χ2v) is 7.81. The average Bonchev–Trinajstić information content (AvgIpc) is 3.10. The van der Waals surface area contributed by atoms with Crippen molar-refractivity contribution in [3.05, 3.63) is 24.3 Å². The van der Waals surface area contributed by atoms with Gasteiger partial charge < -0.3 is 10.1 Å². The number of carbonyl (C=O) groups is 1. The molecule has 1 fully saturated rings. The molecule has 1 N–H and O–H groups in total. The molecule has 1 aliphatic rings. The lowest BCUT2D eigenvalue weighted by Crippen LogP contribution is -2.42. The number of tetrazole rings is 1. The molecule has 0 aliphatic heterocycles. The highest BCUT2D eigenvalue weighted by molar-refractivity contribution is 5.75. The molecule has 2 atom stereocenters. The Balaban J connectivity index is 1.55. The number of carbonyl (C=O) groups excluding carboxylic acids is 1. The van der Waals surface area contributed by atoms with Crippen molar-refractivity contribution in [3.8, 4) is 17.1 Å². The summed E-state index contributed by atoms with van der Waals surface area (Å²) in [6.07, 6.45) is 4.66. The van der Waals surface area contributed by atoms with Crippen LogP contribution in [0, 0.1) is 11.8 Å². The lowest BCUT2D eigenvalue weighted by atomic mass is 9.86. The Morgan fingerprint density at radius 1 is 1.26 bits per heavy atom. The highest BCUT2D eigenvalue weighted by Gasteiger charge is 2.23. The van der Waals surface area contributed by atoms with Gasteiger partial charge in [0.05, 0.1) is 6.61 Å². The van der Waals surface area contributed by atoms with Gasteiger partial charge in [-0.15, -0.1) is 10.2 Å². The minimum absolute atomic E-state index is 0.0601. The van der Waals surface area contributed by atoms with Crippen LogP contribution in [0.15, 0.2) is 24.3 Å². The SMILES string of the molecule is CC(C)COc1ccc(-c2nnn(CC(=O)N[C@@H]3CCCC[C@H]3C)n2)cc1. The van der Waals surface area contributed by atoms with Crippen molar-refractivity contribution >= 4 is 5.91 Å². The number of benzene rings is 1. The first-order valence-corrected chi connectivity index (χ1v) is 9.81. The molecule has 27 heavy (non-hydrogen) atoms. The monoisotopic (exact) mass is 371 g/mol. The second kappa shape index (κ2) is 8.97. The van der Waals surface area contributed by atoms with E-state index in [9.17, 15) is 4.79 Å². The smallest absolute Gasteiger partial charge is 0.243 e. The molecule has 1 aromatic heterocycles. The number of rotatable bonds is 7. The molecule has 0 unspecified atom stereocenters. The van der Waals surface area contributed by atoms with E-state index in [0.717, 1.165) is 17.7 Å². The first-order valence-electron chi connectivity index (χ1n) is 9.81. The first-order chi connectivity index (χ1) is 13.0. The minimum Gasteiger partial charge on any atom is -0.493 e. The lowest BCUT2D eigenvalue weighted by molar-refractivity contribution is -0.123. The molecule has 1 aromatic carbocycles. The molecular weight excluding hydrogens is 342 g/mol. The number of amides is 1. The zero-order valence-electron chi connectivity index (χ0n) is 16.4. The van der Waals surface area contributed by atoms with E-state index in [1.165, 1.54) is 24.1 Å². The van der Waals surface area contributed by atoms with E-state index >= 15 is 0 Å². The van der Waals surface area contributed by atoms with Crippen molar-refractivity contribution in [2.24, 2.45) is 11.8 Å². The number of nitrogens with one attached hydrogen (secondary N) is 1. The number of aromatic nitrogens is 4. The molecular formula is C20H29N5O2. The van der Waals surface area contributed by atoms with E-state index in [1.54, 1.807) is 0 Å². The van der Waals surface area contributed by atoms with Crippen molar-refractivity contribution in [2.75, 3.05) is 6.61 Å². The van der Waals surface area contributed by atoms with Gasteiger partial charge in [-0.1, -0.05) is 33.6 Å². The zero-order valence-corrected chi connectivity index (χ0v) is 16.4. The van der Waals surface area contributed by atoms with Crippen LogP contribution in [0.25, 0.3) is 11.4 Å². The maximum Gasteiger partial charge on any atom is 0.243 e. The van der Waals surface area contributed by atoms with Gasteiger partial charge in [0.15, 0.2) is 0 Å². The van der Waals surface area contributed by atoms with Crippen molar-refractivity contribution in [1.82, 2.24) is 25.5 Å². The Bertz CT molecular complexity index is 741. The van der Waals surface area contributed by atoms with Crippen molar-refractivity contribution in [1.29, 1.82) is 0 Å². The molecule has 1 saturated carbocycles.